The van der Waals surface area contributed by atoms with E-state index in [9.17, 15) is 4.39 Å². The number of benzene rings is 2. The third-order valence-electron chi connectivity index (χ3n) is 2.63. The van der Waals surface area contributed by atoms with E-state index < -0.39 is 5.82 Å². The maximum absolute atomic E-state index is 12.9. The molecule has 0 bridgehead atoms. The molecular formula is C14H11Cl2FN2O. The van der Waals surface area contributed by atoms with Crippen LogP contribution in [0.1, 0.15) is 11.1 Å². The monoisotopic (exact) mass is 312 g/mol. The van der Waals surface area contributed by atoms with Crippen LogP contribution in [0.25, 0.3) is 0 Å². The lowest BCUT2D eigenvalue weighted by atomic mass is 10.2. The number of nitrogens with one attached hydrogen (secondary N) is 1. The highest BCUT2D eigenvalue weighted by Crippen LogP contribution is 2.25. The van der Waals surface area contributed by atoms with Gasteiger partial charge in [-0.05, 0) is 30.3 Å². The van der Waals surface area contributed by atoms with Gasteiger partial charge in [0.2, 0.25) is 0 Å². The molecule has 2 aromatic rings. The summed E-state index contributed by atoms with van der Waals surface area (Å²) in [5, 5.41) is 8.22. The number of nitrogen functional groups attached to an aromatic ring is 1. The van der Waals surface area contributed by atoms with Gasteiger partial charge in [-0.2, -0.15) is 0 Å². The minimum atomic E-state index is -0.411. The quantitative estimate of drug-likeness (QED) is 0.662. The normalized spacial score (nSPS) is 10.3. The lowest BCUT2D eigenvalue weighted by Crippen LogP contribution is -2.13. The SMILES string of the molecule is N=C(N)c1ccc(Cl)cc1OCc1ccc(F)cc1Cl. The number of hydrogen-bond donors (Lipinski definition) is 2. The Bertz CT molecular complexity index is 662. The van der Waals surface area contributed by atoms with Gasteiger partial charge in [0.25, 0.3) is 0 Å². The number of rotatable bonds is 4. The van der Waals surface area contributed by atoms with Crippen LogP contribution < -0.4 is 10.5 Å². The number of halogens is 3. The fourth-order valence-electron chi connectivity index (χ4n) is 1.63. The summed E-state index contributed by atoms with van der Waals surface area (Å²) in [5.74, 6) is -0.154. The Morgan fingerprint density at radius 2 is 1.95 bits per heavy atom. The lowest BCUT2D eigenvalue weighted by Gasteiger charge is -2.12. The summed E-state index contributed by atoms with van der Waals surface area (Å²) in [4.78, 5) is 0. The second-order valence-corrected chi connectivity index (χ2v) is 4.92. The summed E-state index contributed by atoms with van der Waals surface area (Å²) in [6, 6.07) is 8.84. The van der Waals surface area contributed by atoms with Crippen molar-refractivity contribution in [1.29, 1.82) is 5.41 Å². The van der Waals surface area contributed by atoms with E-state index in [1.807, 2.05) is 0 Å². The highest BCUT2D eigenvalue weighted by atomic mass is 35.5. The van der Waals surface area contributed by atoms with Crippen LogP contribution in [-0.4, -0.2) is 5.84 Å². The molecule has 0 aliphatic carbocycles. The topological polar surface area (TPSA) is 59.1 Å². The molecule has 3 N–H and O–H groups in total. The molecule has 0 atom stereocenters. The van der Waals surface area contributed by atoms with Crippen LogP contribution in [0.2, 0.25) is 10.0 Å². The highest BCUT2D eigenvalue weighted by Gasteiger charge is 2.09. The zero-order valence-electron chi connectivity index (χ0n) is 10.3. The summed E-state index contributed by atoms with van der Waals surface area (Å²) in [6.45, 7) is 0.125. The summed E-state index contributed by atoms with van der Waals surface area (Å²) >= 11 is 11.8. The third-order valence-corrected chi connectivity index (χ3v) is 3.22. The van der Waals surface area contributed by atoms with Gasteiger partial charge in [-0.25, -0.2) is 4.39 Å². The average molecular weight is 313 g/mol. The van der Waals surface area contributed by atoms with E-state index in [2.05, 4.69) is 0 Å². The maximum atomic E-state index is 12.9. The molecule has 20 heavy (non-hydrogen) atoms. The molecule has 0 radical (unpaired) electrons. The van der Waals surface area contributed by atoms with Crippen molar-refractivity contribution >= 4 is 29.0 Å². The minimum Gasteiger partial charge on any atom is -0.488 e. The minimum absolute atomic E-state index is 0.123. The molecule has 0 amide bonds. The molecule has 0 fully saturated rings. The second kappa shape index (κ2) is 6.11. The molecule has 104 valence electrons. The summed E-state index contributed by atoms with van der Waals surface area (Å²) in [6.07, 6.45) is 0. The van der Waals surface area contributed by atoms with Crippen LogP contribution in [-0.2, 0) is 6.61 Å². The Labute approximate surface area is 125 Å². The zero-order valence-corrected chi connectivity index (χ0v) is 11.8. The number of nitrogens with two attached hydrogens (primary N) is 1. The molecule has 0 spiro atoms. The number of amidine groups is 1. The maximum Gasteiger partial charge on any atom is 0.132 e. The summed E-state index contributed by atoms with van der Waals surface area (Å²) in [5.41, 5.74) is 6.53. The predicted molar refractivity (Wildman–Crippen MR) is 78.2 cm³/mol. The van der Waals surface area contributed by atoms with E-state index in [1.165, 1.54) is 18.2 Å². The summed E-state index contributed by atoms with van der Waals surface area (Å²) < 4.78 is 18.5. The summed E-state index contributed by atoms with van der Waals surface area (Å²) in [7, 11) is 0. The van der Waals surface area contributed by atoms with E-state index in [4.69, 9.17) is 39.1 Å². The van der Waals surface area contributed by atoms with Crippen molar-refractivity contribution in [1.82, 2.24) is 0 Å². The van der Waals surface area contributed by atoms with Gasteiger partial charge in [0.1, 0.15) is 24.0 Å². The standard InChI is InChI=1S/C14H11Cl2FN2O/c15-9-2-4-11(14(18)19)13(5-9)20-7-8-1-3-10(17)6-12(8)16/h1-6H,7H2,(H3,18,19). The first-order valence-corrected chi connectivity index (χ1v) is 6.43. The molecule has 0 aromatic heterocycles. The largest absolute Gasteiger partial charge is 0.488 e. The van der Waals surface area contributed by atoms with Crippen LogP contribution in [0.15, 0.2) is 36.4 Å². The first-order chi connectivity index (χ1) is 9.47. The van der Waals surface area contributed by atoms with Gasteiger partial charge in [-0.3, -0.25) is 5.41 Å². The van der Waals surface area contributed by atoms with Crippen LogP contribution >= 0.6 is 23.2 Å². The Kier molecular flexibility index (Phi) is 4.47. The van der Waals surface area contributed by atoms with Crippen molar-refractivity contribution in [3.05, 3.63) is 63.4 Å². The van der Waals surface area contributed by atoms with Crippen molar-refractivity contribution < 1.29 is 9.13 Å². The van der Waals surface area contributed by atoms with Crippen molar-refractivity contribution in [2.24, 2.45) is 5.73 Å². The Morgan fingerprint density at radius 1 is 1.20 bits per heavy atom. The van der Waals surface area contributed by atoms with Gasteiger partial charge in [-0.1, -0.05) is 29.3 Å². The van der Waals surface area contributed by atoms with Crippen molar-refractivity contribution in [3.8, 4) is 5.75 Å². The Balaban J connectivity index is 2.22. The first-order valence-electron chi connectivity index (χ1n) is 5.68. The third kappa shape index (κ3) is 3.40. The fourth-order valence-corrected chi connectivity index (χ4v) is 2.02. The molecule has 0 aliphatic rings. The number of ether oxygens (including phenoxy) is 1. The van der Waals surface area contributed by atoms with E-state index in [0.717, 1.165) is 0 Å². The fraction of sp³-hybridized carbons (Fsp3) is 0.0714. The Morgan fingerprint density at radius 3 is 2.60 bits per heavy atom. The smallest absolute Gasteiger partial charge is 0.132 e. The van der Waals surface area contributed by atoms with Gasteiger partial charge in [-0.15, -0.1) is 0 Å². The average Bonchev–Trinajstić information content (AvgIpc) is 2.37. The van der Waals surface area contributed by atoms with E-state index in [-0.39, 0.29) is 17.5 Å². The molecule has 0 aliphatic heterocycles. The van der Waals surface area contributed by atoms with Gasteiger partial charge in [0, 0.05) is 10.6 Å². The molecule has 2 rings (SSSR count). The van der Waals surface area contributed by atoms with Crippen molar-refractivity contribution in [3.63, 3.8) is 0 Å². The van der Waals surface area contributed by atoms with Gasteiger partial charge in [0.05, 0.1) is 10.6 Å². The molecule has 3 nitrogen and oxygen atoms in total. The van der Waals surface area contributed by atoms with Gasteiger partial charge in [0.15, 0.2) is 0 Å². The van der Waals surface area contributed by atoms with E-state index >= 15 is 0 Å². The molecule has 0 saturated carbocycles. The van der Waals surface area contributed by atoms with Crippen molar-refractivity contribution in [2.75, 3.05) is 0 Å². The van der Waals surface area contributed by atoms with Crippen LogP contribution in [0.3, 0.4) is 0 Å². The molecule has 0 unspecified atom stereocenters. The zero-order chi connectivity index (χ0) is 14.7. The van der Waals surface area contributed by atoms with Gasteiger partial charge >= 0.3 is 0 Å². The van der Waals surface area contributed by atoms with Gasteiger partial charge < -0.3 is 10.5 Å². The highest BCUT2D eigenvalue weighted by molar-refractivity contribution is 6.31. The molecule has 6 heteroatoms. The first kappa shape index (κ1) is 14.6. The molecule has 0 heterocycles. The van der Waals surface area contributed by atoms with Crippen LogP contribution in [0.4, 0.5) is 4.39 Å². The molecule has 2 aromatic carbocycles. The van der Waals surface area contributed by atoms with E-state index in [1.54, 1.807) is 18.2 Å². The van der Waals surface area contributed by atoms with E-state index in [0.29, 0.717) is 21.9 Å². The Hall–Kier alpha value is -1.78. The molecule has 0 saturated heterocycles. The number of hydrogen-bond acceptors (Lipinski definition) is 2. The lowest BCUT2D eigenvalue weighted by molar-refractivity contribution is 0.305. The second-order valence-electron chi connectivity index (χ2n) is 4.08. The van der Waals surface area contributed by atoms with Crippen LogP contribution in [0, 0.1) is 11.2 Å². The molecular weight excluding hydrogens is 302 g/mol. The predicted octanol–water partition coefficient (Wildman–Crippen LogP) is 4.00. The van der Waals surface area contributed by atoms with Crippen molar-refractivity contribution in [2.45, 2.75) is 6.61 Å². The van der Waals surface area contributed by atoms with Crippen LogP contribution in [0.5, 0.6) is 5.75 Å².